The van der Waals surface area contributed by atoms with Crippen molar-refractivity contribution in [2.45, 2.75) is 64.2 Å². The number of fused-ring (bicyclic) bond motifs is 1. The number of amides is 1. The maximum Gasteiger partial charge on any atom is 0.416 e. The summed E-state index contributed by atoms with van der Waals surface area (Å²) in [5.41, 5.74) is 3.63. The lowest BCUT2D eigenvalue weighted by molar-refractivity contribution is -0.137. The molecule has 0 aliphatic carbocycles. The molecule has 0 spiro atoms. The van der Waals surface area contributed by atoms with E-state index in [9.17, 15) is 18.0 Å². The van der Waals surface area contributed by atoms with E-state index >= 15 is 0 Å². The summed E-state index contributed by atoms with van der Waals surface area (Å²) in [5.74, 6) is -0.278. The highest BCUT2D eigenvalue weighted by Crippen LogP contribution is 2.34. The second-order valence-electron chi connectivity index (χ2n) is 11.4. The molecule has 40 heavy (non-hydrogen) atoms. The Labute approximate surface area is 233 Å². The van der Waals surface area contributed by atoms with Gasteiger partial charge < -0.3 is 9.88 Å². The van der Waals surface area contributed by atoms with E-state index in [0.29, 0.717) is 0 Å². The van der Waals surface area contributed by atoms with Gasteiger partial charge in [0.1, 0.15) is 0 Å². The van der Waals surface area contributed by atoms with Gasteiger partial charge in [0.05, 0.1) is 5.56 Å². The number of nitrogens with one attached hydrogen (secondary N) is 1. The van der Waals surface area contributed by atoms with Crippen LogP contribution in [0.5, 0.6) is 0 Å². The van der Waals surface area contributed by atoms with Gasteiger partial charge in [-0.3, -0.25) is 9.69 Å². The molecule has 4 nitrogen and oxygen atoms in total. The van der Waals surface area contributed by atoms with Crippen LogP contribution in [0, 0.1) is 0 Å². The Kier molecular flexibility index (Phi) is 7.78. The normalized spacial score (nSPS) is 15.4. The molecule has 0 radical (unpaired) electrons. The maximum absolute atomic E-state index is 13.9. The number of aromatic amines is 1. The minimum atomic E-state index is -4.45. The van der Waals surface area contributed by atoms with Gasteiger partial charge in [-0.15, -0.1) is 0 Å². The van der Waals surface area contributed by atoms with Crippen LogP contribution in [0.2, 0.25) is 0 Å². The first-order chi connectivity index (χ1) is 19.0. The van der Waals surface area contributed by atoms with Gasteiger partial charge in [-0.1, -0.05) is 51.1 Å². The van der Waals surface area contributed by atoms with Crippen LogP contribution < -0.4 is 4.90 Å². The van der Waals surface area contributed by atoms with Crippen LogP contribution in [0.1, 0.15) is 67.2 Å². The number of carbonyl (C=O) groups is 1. The lowest BCUT2D eigenvalue weighted by Crippen LogP contribution is -2.47. The SMILES string of the molecule is CCC(C)(C)c1cc2cc(N(C(=O)c3ccc(C(F)(F)F)cc3)C3CCN(Cc4ccccc4)CC3)ccc2[nH]1. The van der Waals surface area contributed by atoms with Crippen molar-refractivity contribution in [1.29, 1.82) is 0 Å². The van der Waals surface area contributed by atoms with Gasteiger partial charge in [0.15, 0.2) is 0 Å². The number of nitrogens with zero attached hydrogens (tertiary/aromatic N) is 2. The monoisotopic (exact) mass is 547 g/mol. The molecular weight excluding hydrogens is 511 g/mol. The van der Waals surface area contributed by atoms with E-state index in [2.05, 4.69) is 48.9 Å². The van der Waals surface area contributed by atoms with Crippen molar-refractivity contribution < 1.29 is 18.0 Å². The van der Waals surface area contributed by atoms with Gasteiger partial charge in [-0.05, 0) is 73.4 Å². The second kappa shape index (κ2) is 11.1. The number of hydrogen-bond donors (Lipinski definition) is 1. The van der Waals surface area contributed by atoms with Gasteiger partial charge in [0.2, 0.25) is 0 Å². The third kappa shape index (κ3) is 5.94. The number of carbonyl (C=O) groups excluding carboxylic acids is 1. The zero-order valence-electron chi connectivity index (χ0n) is 23.3. The molecule has 3 aromatic carbocycles. The zero-order chi connectivity index (χ0) is 28.5. The number of H-pyrrole nitrogens is 1. The summed E-state index contributed by atoms with van der Waals surface area (Å²) in [5, 5.41) is 1.01. The van der Waals surface area contributed by atoms with Crippen molar-refractivity contribution in [3.63, 3.8) is 0 Å². The van der Waals surface area contributed by atoms with Crippen molar-refractivity contribution in [1.82, 2.24) is 9.88 Å². The summed E-state index contributed by atoms with van der Waals surface area (Å²) in [7, 11) is 0. The molecule has 0 atom stereocenters. The number of anilines is 1. The van der Waals surface area contributed by atoms with Crippen molar-refractivity contribution in [3.8, 4) is 0 Å². The first kappa shape index (κ1) is 28.0. The number of likely N-dealkylation sites (tertiary alicyclic amines) is 1. The summed E-state index contributed by atoms with van der Waals surface area (Å²) in [6.45, 7) is 9.07. The largest absolute Gasteiger partial charge is 0.416 e. The van der Waals surface area contributed by atoms with Crippen LogP contribution in [0.4, 0.5) is 18.9 Å². The lowest BCUT2D eigenvalue weighted by atomic mass is 9.86. The average Bonchev–Trinajstić information content (AvgIpc) is 3.39. The molecular formula is C33H36F3N3O. The number of halogens is 3. The van der Waals surface area contributed by atoms with Crippen LogP contribution in [0.3, 0.4) is 0 Å². The van der Waals surface area contributed by atoms with Gasteiger partial charge in [0.25, 0.3) is 5.91 Å². The Morgan fingerprint density at radius 3 is 2.25 bits per heavy atom. The van der Waals surface area contributed by atoms with Crippen LogP contribution >= 0.6 is 0 Å². The Bertz CT molecular complexity index is 1450. The van der Waals surface area contributed by atoms with Crippen LogP contribution in [0.15, 0.2) is 78.9 Å². The first-order valence-electron chi connectivity index (χ1n) is 14.0. The molecule has 2 heterocycles. The molecule has 1 aliphatic rings. The molecule has 1 amide bonds. The number of alkyl halides is 3. The summed E-state index contributed by atoms with van der Waals surface area (Å²) in [4.78, 5) is 21.7. The van der Waals surface area contributed by atoms with Gasteiger partial charge in [-0.2, -0.15) is 13.2 Å². The highest BCUT2D eigenvalue weighted by Gasteiger charge is 2.33. The Morgan fingerprint density at radius 2 is 1.62 bits per heavy atom. The smallest absolute Gasteiger partial charge is 0.358 e. The quantitative estimate of drug-likeness (QED) is 0.253. The molecule has 210 valence electrons. The van der Waals surface area contributed by atoms with Gasteiger partial charge in [-0.25, -0.2) is 0 Å². The molecule has 1 fully saturated rings. The average molecular weight is 548 g/mol. The standard InChI is InChI=1S/C33H36F3N3O/c1-4-32(2,3)30-21-25-20-28(14-15-29(25)37-30)39(31(40)24-10-12-26(13-11-24)33(34,35)36)27-16-18-38(19-17-27)22-23-8-6-5-7-9-23/h5-15,20-21,27,37H,4,16-19,22H2,1-3H3. The fraction of sp³-hybridized carbons (Fsp3) is 0.364. The third-order valence-corrected chi connectivity index (χ3v) is 8.34. The fourth-order valence-corrected chi connectivity index (χ4v) is 5.44. The van der Waals surface area contributed by atoms with Crippen molar-refractivity contribution >= 4 is 22.5 Å². The van der Waals surface area contributed by atoms with Crippen molar-refractivity contribution in [3.05, 3.63) is 101 Å². The molecule has 0 saturated carbocycles. The Hall–Kier alpha value is -3.58. The van der Waals surface area contributed by atoms with Gasteiger partial charge in [0, 0.05) is 58.9 Å². The van der Waals surface area contributed by atoms with Crippen molar-refractivity contribution in [2.24, 2.45) is 0 Å². The summed E-state index contributed by atoms with van der Waals surface area (Å²) < 4.78 is 39.6. The number of aromatic nitrogens is 1. The minimum absolute atomic E-state index is 0.0134. The first-order valence-corrected chi connectivity index (χ1v) is 14.0. The Balaban J connectivity index is 1.45. The van der Waals surface area contributed by atoms with E-state index in [0.717, 1.165) is 73.3 Å². The van der Waals surface area contributed by atoms with E-state index in [1.54, 1.807) is 4.90 Å². The number of hydrogen-bond acceptors (Lipinski definition) is 2. The van der Waals surface area contributed by atoms with E-state index < -0.39 is 11.7 Å². The molecule has 1 N–H and O–H groups in total. The predicted octanol–water partition coefficient (Wildman–Crippen LogP) is 8.19. The van der Waals surface area contributed by atoms with Crippen LogP contribution in [0.25, 0.3) is 10.9 Å². The van der Waals surface area contributed by atoms with E-state index in [-0.39, 0.29) is 22.9 Å². The molecule has 0 bridgehead atoms. The third-order valence-electron chi connectivity index (χ3n) is 8.34. The van der Waals surface area contributed by atoms with Crippen molar-refractivity contribution in [2.75, 3.05) is 18.0 Å². The Morgan fingerprint density at radius 1 is 0.950 bits per heavy atom. The molecule has 1 saturated heterocycles. The van der Waals surface area contributed by atoms with E-state index in [1.807, 2.05) is 36.4 Å². The zero-order valence-corrected chi connectivity index (χ0v) is 23.3. The predicted molar refractivity (Wildman–Crippen MR) is 155 cm³/mol. The van der Waals surface area contributed by atoms with Gasteiger partial charge >= 0.3 is 6.18 Å². The fourth-order valence-electron chi connectivity index (χ4n) is 5.44. The lowest BCUT2D eigenvalue weighted by Gasteiger charge is -2.38. The molecule has 7 heteroatoms. The van der Waals surface area contributed by atoms with E-state index in [1.165, 1.54) is 17.7 Å². The molecule has 1 aromatic heterocycles. The molecule has 4 aromatic rings. The summed E-state index contributed by atoms with van der Waals surface area (Å²) in [6, 6.07) is 22.9. The molecule has 5 rings (SSSR count). The molecule has 1 aliphatic heterocycles. The van der Waals surface area contributed by atoms with Crippen LogP contribution in [-0.2, 0) is 18.1 Å². The number of rotatable bonds is 7. The number of benzene rings is 3. The van der Waals surface area contributed by atoms with Crippen LogP contribution in [-0.4, -0.2) is 34.9 Å². The van der Waals surface area contributed by atoms with E-state index in [4.69, 9.17) is 0 Å². The highest BCUT2D eigenvalue weighted by atomic mass is 19.4. The molecule has 0 unspecified atom stereocenters. The topological polar surface area (TPSA) is 39.3 Å². The maximum atomic E-state index is 13.9. The minimum Gasteiger partial charge on any atom is -0.358 e. The summed E-state index contributed by atoms with van der Waals surface area (Å²) in [6.07, 6.45) is -1.92. The summed E-state index contributed by atoms with van der Waals surface area (Å²) >= 11 is 0. The number of piperidine rings is 1. The second-order valence-corrected chi connectivity index (χ2v) is 11.4. The highest BCUT2D eigenvalue weighted by molar-refractivity contribution is 6.07.